The van der Waals surface area contributed by atoms with Crippen LogP contribution < -0.4 is 15.4 Å². The Kier molecular flexibility index (Phi) is 4.91. The molecule has 6 heteroatoms. The van der Waals surface area contributed by atoms with Gasteiger partial charge < -0.3 is 14.9 Å². The molecule has 0 bridgehead atoms. The summed E-state index contributed by atoms with van der Waals surface area (Å²) in [6.07, 6.45) is 5.34. The molecule has 2 heterocycles. The molecule has 0 saturated heterocycles. The molecule has 2 N–H and O–H groups in total. The van der Waals surface area contributed by atoms with E-state index in [9.17, 15) is 0 Å². The van der Waals surface area contributed by atoms with E-state index in [0.29, 0.717) is 17.6 Å². The Morgan fingerprint density at radius 3 is 2.76 bits per heavy atom. The quantitative estimate of drug-likeness (QED) is 0.399. The van der Waals surface area contributed by atoms with E-state index in [4.69, 9.17) is 14.9 Å². The summed E-state index contributed by atoms with van der Waals surface area (Å²) in [5, 5.41) is 1.92. The lowest BCUT2D eigenvalue weighted by molar-refractivity contribution is 0.415. The number of fused-ring (bicyclic) bond motifs is 1. The number of furan rings is 1. The van der Waals surface area contributed by atoms with Crippen LogP contribution in [0.15, 0.2) is 76.6 Å². The van der Waals surface area contributed by atoms with Gasteiger partial charge in [0.15, 0.2) is 0 Å². The molecular weight excluding hydrogens is 364 g/mol. The van der Waals surface area contributed by atoms with Gasteiger partial charge in [0.1, 0.15) is 12.0 Å². The maximum Gasteiger partial charge on any atom is 0.214 e. The number of methoxy groups -OCH3 is 1. The summed E-state index contributed by atoms with van der Waals surface area (Å²) in [7, 11) is 3.28. The van der Waals surface area contributed by atoms with Gasteiger partial charge in [0, 0.05) is 30.2 Å². The zero-order valence-electron chi connectivity index (χ0n) is 16.6. The van der Waals surface area contributed by atoms with E-state index in [1.807, 2.05) is 61.7 Å². The Bertz CT molecular complexity index is 1200. The van der Waals surface area contributed by atoms with E-state index in [1.54, 1.807) is 31.5 Å². The van der Waals surface area contributed by atoms with Crippen molar-refractivity contribution in [1.29, 1.82) is 0 Å². The van der Waals surface area contributed by atoms with E-state index >= 15 is 0 Å². The van der Waals surface area contributed by atoms with Crippen LogP contribution in [-0.4, -0.2) is 25.1 Å². The maximum absolute atomic E-state index is 6.32. The Hall–Kier alpha value is -3.80. The average Bonchev–Trinajstić information content (AvgIpc) is 3.18. The summed E-state index contributed by atoms with van der Waals surface area (Å²) in [5.41, 5.74) is 10.2. The molecule has 0 aliphatic carbocycles. The van der Waals surface area contributed by atoms with Gasteiger partial charge in [0.25, 0.3) is 0 Å². The first-order valence-electron chi connectivity index (χ1n) is 9.21. The normalized spacial score (nSPS) is 11.6. The number of benzene rings is 2. The number of guanidine groups is 1. The van der Waals surface area contributed by atoms with Crippen LogP contribution in [0.2, 0.25) is 0 Å². The van der Waals surface area contributed by atoms with E-state index in [0.717, 1.165) is 33.2 Å². The lowest BCUT2D eigenvalue weighted by atomic mass is 10.0. The monoisotopic (exact) mass is 386 g/mol. The molecule has 0 atom stereocenters. The third-order valence-corrected chi connectivity index (χ3v) is 4.90. The molecular formula is C23H22N4O2. The average molecular weight is 386 g/mol. The first-order valence-corrected chi connectivity index (χ1v) is 9.21. The zero-order valence-corrected chi connectivity index (χ0v) is 16.6. The number of rotatable bonds is 4. The number of nitrogens with two attached hydrogens (primary N) is 1. The predicted molar refractivity (Wildman–Crippen MR) is 117 cm³/mol. The Morgan fingerprint density at radius 2 is 2.00 bits per heavy atom. The van der Waals surface area contributed by atoms with Crippen LogP contribution in [0.25, 0.3) is 21.9 Å². The fourth-order valence-electron chi connectivity index (χ4n) is 3.42. The first-order chi connectivity index (χ1) is 14.1. The largest absolute Gasteiger partial charge is 0.495 e. The van der Waals surface area contributed by atoms with Crippen LogP contribution in [0, 0.1) is 6.92 Å². The van der Waals surface area contributed by atoms with Gasteiger partial charge in [0.2, 0.25) is 11.8 Å². The second-order valence-corrected chi connectivity index (χ2v) is 6.62. The number of aryl methyl sites for hydroxylation is 1. The molecule has 4 aromatic rings. The number of aromatic nitrogens is 1. The Labute approximate surface area is 169 Å². The molecule has 0 unspecified atom stereocenters. The van der Waals surface area contributed by atoms with Crippen molar-refractivity contribution in [1.82, 2.24) is 4.98 Å². The molecule has 4 rings (SSSR count). The molecule has 0 aliphatic rings. The van der Waals surface area contributed by atoms with Crippen LogP contribution in [0.1, 0.15) is 5.56 Å². The van der Waals surface area contributed by atoms with E-state index in [2.05, 4.69) is 9.98 Å². The van der Waals surface area contributed by atoms with Crippen LogP contribution >= 0.6 is 0 Å². The summed E-state index contributed by atoms with van der Waals surface area (Å²) < 4.78 is 11.6. The predicted octanol–water partition coefficient (Wildman–Crippen LogP) is 4.89. The number of nitrogens with zero attached hydrogens (tertiary/aromatic N) is 3. The van der Waals surface area contributed by atoms with Gasteiger partial charge in [-0.3, -0.25) is 9.98 Å². The van der Waals surface area contributed by atoms with Crippen LogP contribution in [0.5, 0.6) is 5.75 Å². The van der Waals surface area contributed by atoms with E-state index in [1.165, 1.54) is 0 Å². The second kappa shape index (κ2) is 7.67. The summed E-state index contributed by atoms with van der Waals surface area (Å²) in [6.45, 7) is 2.03. The molecule has 146 valence electrons. The van der Waals surface area contributed by atoms with Gasteiger partial charge in [-0.05, 0) is 47.9 Å². The maximum atomic E-state index is 6.32. The lowest BCUT2D eigenvalue weighted by Gasteiger charge is -2.24. The summed E-state index contributed by atoms with van der Waals surface area (Å²) >= 11 is 0. The van der Waals surface area contributed by atoms with Gasteiger partial charge in [-0.15, -0.1) is 0 Å². The number of anilines is 2. The molecule has 0 aliphatic heterocycles. The first kappa shape index (κ1) is 18.6. The fourth-order valence-corrected chi connectivity index (χ4v) is 3.42. The minimum atomic E-state index is 0.298. The van der Waals surface area contributed by atoms with Crippen molar-refractivity contribution in [2.24, 2.45) is 10.7 Å². The summed E-state index contributed by atoms with van der Waals surface area (Å²) in [4.78, 5) is 10.2. The third kappa shape index (κ3) is 3.29. The highest BCUT2D eigenvalue weighted by Gasteiger charge is 2.23. The van der Waals surface area contributed by atoms with E-state index < -0.39 is 0 Å². The van der Waals surface area contributed by atoms with Crippen LogP contribution in [-0.2, 0) is 0 Å². The lowest BCUT2D eigenvalue weighted by Crippen LogP contribution is -2.33. The molecule has 0 fully saturated rings. The Morgan fingerprint density at radius 1 is 1.17 bits per heavy atom. The molecule has 0 saturated carbocycles. The van der Waals surface area contributed by atoms with Gasteiger partial charge in [-0.1, -0.05) is 24.3 Å². The molecule has 0 amide bonds. The van der Waals surface area contributed by atoms with Crippen molar-refractivity contribution in [3.8, 4) is 16.9 Å². The molecule has 6 nitrogen and oxygen atoms in total. The molecule has 0 spiro atoms. The number of pyridine rings is 1. The van der Waals surface area contributed by atoms with Crippen molar-refractivity contribution in [2.45, 2.75) is 6.92 Å². The topological polar surface area (TPSA) is 76.9 Å². The van der Waals surface area contributed by atoms with Gasteiger partial charge in [0.05, 0.1) is 12.8 Å². The SMILES string of the molecule is CN=C(N)N(c1cc(-c2ccncc2C)ccc1OC)c1occ2ccccc12. The standard InChI is InChI=1S/C23H22N4O2/c1-15-13-26-11-10-18(15)16-8-9-21(28-3)20(12-16)27(23(24)25-2)22-19-7-5-4-6-17(19)14-29-22/h4-14H,1-3H3,(H2,24,25). The van der Waals surface area contributed by atoms with Gasteiger partial charge in [-0.2, -0.15) is 0 Å². The summed E-state index contributed by atoms with van der Waals surface area (Å²) in [6, 6.07) is 15.9. The summed E-state index contributed by atoms with van der Waals surface area (Å²) in [5.74, 6) is 1.55. The van der Waals surface area contributed by atoms with Crippen LogP contribution in [0.3, 0.4) is 0 Å². The van der Waals surface area contributed by atoms with Crippen LogP contribution in [0.4, 0.5) is 11.6 Å². The smallest absolute Gasteiger partial charge is 0.214 e. The molecule has 0 radical (unpaired) electrons. The highest BCUT2D eigenvalue weighted by atomic mass is 16.5. The minimum absolute atomic E-state index is 0.298. The minimum Gasteiger partial charge on any atom is -0.495 e. The van der Waals surface area contributed by atoms with Crippen molar-refractivity contribution < 1.29 is 9.15 Å². The molecule has 29 heavy (non-hydrogen) atoms. The fraction of sp³-hybridized carbons (Fsp3) is 0.130. The number of hydrogen-bond acceptors (Lipinski definition) is 4. The van der Waals surface area contributed by atoms with Crippen molar-refractivity contribution in [2.75, 3.05) is 19.1 Å². The van der Waals surface area contributed by atoms with Crippen molar-refractivity contribution >= 4 is 28.3 Å². The highest BCUT2D eigenvalue weighted by Crippen LogP contribution is 2.40. The number of ether oxygens (including phenoxy) is 1. The van der Waals surface area contributed by atoms with Gasteiger partial charge >= 0.3 is 0 Å². The second-order valence-electron chi connectivity index (χ2n) is 6.62. The zero-order chi connectivity index (χ0) is 20.4. The third-order valence-electron chi connectivity index (χ3n) is 4.90. The van der Waals surface area contributed by atoms with Crippen molar-refractivity contribution in [3.63, 3.8) is 0 Å². The van der Waals surface area contributed by atoms with Crippen molar-refractivity contribution in [3.05, 3.63) is 72.8 Å². The molecule has 2 aromatic carbocycles. The van der Waals surface area contributed by atoms with E-state index in [-0.39, 0.29) is 0 Å². The number of hydrogen-bond donors (Lipinski definition) is 1. The number of aliphatic imine (C=N–C) groups is 1. The molecule has 2 aromatic heterocycles. The Balaban J connectivity index is 1.95. The highest BCUT2D eigenvalue weighted by molar-refractivity contribution is 6.08. The van der Waals surface area contributed by atoms with Gasteiger partial charge in [-0.25, -0.2) is 4.90 Å².